The molecule has 0 heterocycles. The third-order valence-corrected chi connectivity index (χ3v) is 14.6. The Hall–Kier alpha value is -1.40. The Balaban J connectivity index is 3.46. The maximum absolute atomic E-state index is 12.5. The van der Waals surface area contributed by atoms with Crippen molar-refractivity contribution in [3.8, 4) is 0 Å². The van der Waals surface area contributed by atoms with Crippen LogP contribution in [0.3, 0.4) is 0 Å². The van der Waals surface area contributed by atoms with Crippen molar-refractivity contribution in [3.63, 3.8) is 0 Å². The summed E-state index contributed by atoms with van der Waals surface area (Å²) in [6.07, 6.45) is 69.3. The average molecular weight is 961 g/mol. The van der Waals surface area contributed by atoms with E-state index in [1.54, 1.807) is 0 Å². The molecule has 68 heavy (non-hydrogen) atoms. The number of ether oxygens (including phenoxy) is 1. The van der Waals surface area contributed by atoms with E-state index in [4.69, 9.17) is 4.74 Å². The molecule has 0 aromatic heterocycles. The zero-order valence-corrected chi connectivity index (χ0v) is 46.1. The van der Waals surface area contributed by atoms with Gasteiger partial charge in [-0.2, -0.15) is 0 Å². The lowest BCUT2D eigenvalue weighted by Gasteiger charge is -2.22. The Morgan fingerprint density at radius 3 is 1.06 bits per heavy atom. The van der Waals surface area contributed by atoms with E-state index in [0.29, 0.717) is 25.9 Å². The third kappa shape index (κ3) is 53.9. The van der Waals surface area contributed by atoms with Gasteiger partial charge in [0.05, 0.1) is 25.4 Å². The molecule has 404 valence electrons. The van der Waals surface area contributed by atoms with Crippen LogP contribution in [0.5, 0.6) is 0 Å². The number of hydrogen-bond acceptors (Lipinski definition) is 5. The monoisotopic (exact) mass is 960 g/mol. The van der Waals surface area contributed by atoms with Crippen LogP contribution in [0.2, 0.25) is 0 Å². The molecule has 2 atom stereocenters. The first kappa shape index (κ1) is 66.6. The highest BCUT2D eigenvalue weighted by Crippen LogP contribution is 2.18. The summed E-state index contributed by atoms with van der Waals surface area (Å²) in [5.74, 6) is -0.0683. The molecule has 0 rings (SSSR count). The summed E-state index contributed by atoms with van der Waals surface area (Å²) < 4.78 is 5.48. The maximum atomic E-state index is 12.5. The molecule has 0 spiro atoms. The number of aliphatic hydroxyl groups excluding tert-OH is 2. The van der Waals surface area contributed by atoms with Crippen LogP contribution in [0.1, 0.15) is 348 Å². The molecule has 0 saturated heterocycles. The molecular formula is C62H121NO5. The quantitative estimate of drug-likeness (QED) is 0.0321. The number of unbranched alkanes of at least 4 members (excludes halogenated alkanes) is 45. The van der Waals surface area contributed by atoms with Gasteiger partial charge in [0.25, 0.3) is 0 Å². The van der Waals surface area contributed by atoms with Crippen LogP contribution in [0, 0.1) is 0 Å². The van der Waals surface area contributed by atoms with Crippen molar-refractivity contribution in [2.45, 2.75) is 360 Å². The van der Waals surface area contributed by atoms with Crippen LogP contribution in [-0.2, 0) is 14.3 Å². The fourth-order valence-electron chi connectivity index (χ4n) is 9.81. The number of aliphatic hydroxyl groups is 2. The van der Waals surface area contributed by atoms with Gasteiger partial charge in [-0.25, -0.2) is 0 Å². The van der Waals surface area contributed by atoms with Gasteiger partial charge < -0.3 is 20.3 Å². The third-order valence-electron chi connectivity index (χ3n) is 14.6. The second-order valence-electron chi connectivity index (χ2n) is 21.4. The molecule has 0 aliphatic carbocycles. The van der Waals surface area contributed by atoms with Crippen LogP contribution in [0.15, 0.2) is 12.2 Å². The van der Waals surface area contributed by atoms with Crippen LogP contribution in [-0.4, -0.2) is 47.4 Å². The summed E-state index contributed by atoms with van der Waals surface area (Å²) in [7, 11) is 0. The number of carbonyl (C=O) groups is 2. The first-order chi connectivity index (χ1) is 33.5. The zero-order valence-electron chi connectivity index (χ0n) is 46.1. The van der Waals surface area contributed by atoms with E-state index >= 15 is 0 Å². The van der Waals surface area contributed by atoms with Gasteiger partial charge in [-0.3, -0.25) is 9.59 Å². The topological polar surface area (TPSA) is 95.9 Å². The van der Waals surface area contributed by atoms with Gasteiger partial charge in [0.2, 0.25) is 5.91 Å². The predicted molar refractivity (Wildman–Crippen MR) is 297 cm³/mol. The molecule has 2 unspecified atom stereocenters. The van der Waals surface area contributed by atoms with Crippen molar-refractivity contribution in [2.75, 3.05) is 13.2 Å². The standard InChI is InChI=1S/C62H121NO5/c1-3-5-7-9-11-13-15-17-19-21-22-23-24-26-27-30-34-38-42-46-50-54-60(65)59(58-64)63-61(66)55-51-47-43-39-35-31-29-33-37-41-45-49-53-57-68-62(67)56-52-48-44-40-36-32-28-25-20-18-16-14-12-10-8-6-4-2/h31,35,59-60,64-65H,3-30,32-34,36-58H2,1-2H3,(H,63,66)/b35-31-. The van der Waals surface area contributed by atoms with Gasteiger partial charge in [-0.05, 0) is 51.4 Å². The Labute approximate surface area is 425 Å². The van der Waals surface area contributed by atoms with Crippen molar-refractivity contribution >= 4 is 11.9 Å². The number of hydrogen-bond donors (Lipinski definition) is 3. The lowest BCUT2D eigenvalue weighted by Crippen LogP contribution is -2.45. The number of rotatable bonds is 58. The summed E-state index contributed by atoms with van der Waals surface area (Å²) in [5, 5.41) is 23.3. The molecule has 0 bridgehead atoms. The van der Waals surface area contributed by atoms with E-state index in [1.165, 1.54) is 244 Å². The second kappa shape index (κ2) is 58.2. The molecule has 3 N–H and O–H groups in total. The first-order valence-electron chi connectivity index (χ1n) is 30.9. The Kier molecular flexibility index (Phi) is 57.0. The molecule has 0 aromatic carbocycles. The van der Waals surface area contributed by atoms with Crippen LogP contribution in [0.25, 0.3) is 0 Å². The fourth-order valence-corrected chi connectivity index (χ4v) is 9.81. The number of carbonyl (C=O) groups excluding carboxylic acids is 2. The highest BCUT2D eigenvalue weighted by molar-refractivity contribution is 5.76. The van der Waals surface area contributed by atoms with Crippen molar-refractivity contribution < 1.29 is 24.5 Å². The van der Waals surface area contributed by atoms with Crippen molar-refractivity contribution in [3.05, 3.63) is 12.2 Å². The van der Waals surface area contributed by atoms with Crippen LogP contribution in [0.4, 0.5) is 0 Å². The van der Waals surface area contributed by atoms with Crippen LogP contribution < -0.4 is 5.32 Å². The van der Waals surface area contributed by atoms with Gasteiger partial charge in [0.1, 0.15) is 0 Å². The van der Waals surface area contributed by atoms with Gasteiger partial charge >= 0.3 is 5.97 Å². The second-order valence-corrected chi connectivity index (χ2v) is 21.4. The van der Waals surface area contributed by atoms with E-state index in [-0.39, 0.29) is 18.5 Å². The van der Waals surface area contributed by atoms with E-state index in [1.807, 2.05) is 0 Å². The SMILES string of the molecule is CCCCCCCCCCCCCCCCCCCCCCCC(O)C(CO)NC(=O)CCCCC/C=C\CCCCCCCCOC(=O)CCCCCCCCCCCCCCCCCCC. The molecule has 0 aliphatic heterocycles. The summed E-state index contributed by atoms with van der Waals surface area (Å²) >= 11 is 0. The van der Waals surface area contributed by atoms with Gasteiger partial charge in [-0.1, -0.05) is 296 Å². The van der Waals surface area contributed by atoms with E-state index in [2.05, 4.69) is 31.3 Å². The zero-order chi connectivity index (χ0) is 49.3. The molecule has 0 aliphatic rings. The Morgan fingerprint density at radius 2 is 0.691 bits per heavy atom. The molecule has 0 radical (unpaired) electrons. The number of nitrogens with one attached hydrogen (secondary N) is 1. The minimum absolute atomic E-state index is 0.00747. The van der Waals surface area contributed by atoms with Crippen molar-refractivity contribution in [1.82, 2.24) is 5.32 Å². The average Bonchev–Trinajstić information content (AvgIpc) is 3.34. The molecule has 0 saturated carbocycles. The van der Waals surface area contributed by atoms with E-state index in [0.717, 1.165) is 70.6 Å². The van der Waals surface area contributed by atoms with E-state index < -0.39 is 12.1 Å². The molecule has 0 aromatic rings. The Morgan fingerprint density at radius 1 is 0.397 bits per heavy atom. The lowest BCUT2D eigenvalue weighted by atomic mass is 10.0. The summed E-state index contributed by atoms with van der Waals surface area (Å²) in [5.41, 5.74) is 0. The van der Waals surface area contributed by atoms with E-state index in [9.17, 15) is 19.8 Å². The van der Waals surface area contributed by atoms with Gasteiger partial charge in [-0.15, -0.1) is 0 Å². The van der Waals surface area contributed by atoms with Gasteiger partial charge in [0.15, 0.2) is 0 Å². The largest absolute Gasteiger partial charge is 0.466 e. The minimum atomic E-state index is -0.682. The maximum Gasteiger partial charge on any atom is 0.305 e. The summed E-state index contributed by atoms with van der Waals surface area (Å²) in [4.78, 5) is 24.6. The highest BCUT2D eigenvalue weighted by atomic mass is 16.5. The molecule has 0 fully saturated rings. The number of amides is 1. The summed E-state index contributed by atoms with van der Waals surface area (Å²) in [6.45, 7) is 4.95. The van der Waals surface area contributed by atoms with Crippen LogP contribution >= 0.6 is 0 Å². The molecular weight excluding hydrogens is 839 g/mol. The first-order valence-corrected chi connectivity index (χ1v) is 30.9. The Bertz CT molecular complexity index is 1020. The van der Waals surface area contributed by atoms with Crippen molar-refractivity contribution in [2.24, 2.45) is 0 Å². The summed E-state index contributed by atoms with van der Waals surface area (Å²) in [6, 6.07) is -0.562. The van der Waals surface area contributed by atoms with Gasteiger partial charge in [0, 0.05) is 12.8 Å². The van der Waals surface area contributed by atoms with Crippen molar-refractivity contribution in [1.29, 1.82) is 0 Å². The number of allylic oxidation sites excluding steroid dienone is 2. The smallest absolute Gasteiger partial charge is 0.305 e. The molecule has 6 heteroatoms. The molecule has 6 nitrogen and oxygen atoms in total. The predicted octanol–water partition coefficient (Wildman–Crippen LogP) is 19.2. The highest BCUT2D eigenvalue weighted by Gasteiger charge is 2.20. The fraction of sp³-hybridized carbons (Fsp3) is 0.935. The normalized spacial score (nSPS) is 12.6. The molecule has 1 amide bonds. The minimum Gasteiger partial charge on any atom is -0.466 e. The number of esters is 1. The lowest BCUT2D eigenvalue weighted by molar-refractivity contribution is -0.143.